The molecule has 0 radical (unpaired) electrons. The first-order chi connectivity index (χ1) is 23.4. The van der Waals surface area contributed by atoms with E-state index >= 15 is 0 Å². The Labute approximate surface area is 289 Å². The standard InChI is InChI=1S/C37H49BN4O7/c1-35(2,40-14-16-46-17-15-40)21-25(22-39)33(43)41-13-9-12-32(41)42(34(44)45-6)31(18-24-23-47-28-11-8-7-10-27(24)28)38-48-30-20-26-19-29(36(26,3)4)37(30,5)49-38/h7-8,10-11,21,23,26,29-32H,9,12-20H2,1-6H3/t26-,29-,30+,31-,32+,37-/m0/s1. The largest absolute Gasteiger partial charge is 0.482 e. The van der Waals surface area contributed by atoms with E-state index < -0.39 is 42.4 Å². The molecule has 4 heterocycles. The highest BCUT2D eigenvalue weighted by Crippen LogP contribution is 2.66. The highest BCUT2D eigenvalue weighted by atomic mass is 16.7. The second-order valence-electron chi connectivity index (χ2n) is 15.8. The van der Waals surface area contributed by atoms with Gasteiger partial charge in [0.1, 0.15) is 23.4 Å². The van der Waals surface area contributed by atoms with E-state index in [9.17, 15) is 14.9 Å². The van der Waals surface area contributed by atoms with Crippen molar-refractivity contribution in [1.29, 1.82) is 5.26 Å². The van der Waals surface area contributed by atoms with E-state index in [0.29, 0.717) is 63.9 Å². The third-order valence-electron chi connectivity index (χ3n) is 12.5. The normalized spacial score (nSPS) is 30.4. The van der Waals surface area contributed by atoms with Gasteiger partial charge in [0, 0.05) is 30.6 Å². The van der Waals surface area contributed by atoms with E-state index in [1.54, 1.807) is 22.1 Å². The number of likely N-dealkylation sites (tertiary alicyclic amines) is 1. The molecular weight excluding hydrogens is 623 g/mol. The molecular formula is C37H49BN4O7. The number of furan rings is 1. The van der Waals surface area contributed by atoms with Gasteiger partial charge in [0.2, 0.25) is 0 Å². The zero-order valence-electron chi connectivity index (χ0n) is 29.6. The maximum absolute atomic E-state index is 14.3. The molecule has 6 atom stereocenters. The molecule has 3 saturated carbocycles. The van der Waals surface area contributed by atoms with E-state index in [1.165, 1.54) is 7.11 Å². The van der Waals surface area contributed by atoms with Gasteiger partial charge in [0.05, 0.1) is 44.2 Å². The summed E-state index contributed by atoms with van der Waals surface area (Å²) in [7, 11) is 0.600. The fourth-order valence-corrected chi connectivity index (χ4v) is 9.54. The average molecular weight is 673 g/mol. The van der Waals surface area contributed by atoms with Crippen molar-refractivity contribution in [2.45, 2.75) is 96.1 Å². The Morgan fingerprint density at radius 2 is 1.94 bits per heavy atom. The Hall–Kier alpha value is -3.37. The van der Waals surface area contributed by atoms with Crippen LogP contribution in [0.2, 0.25) is 0 Å². The van der Waals surface area contributed by atoms with Gasteiger partial charge in [-0.25, -0.2) is 4.79 Å². The van der Waals surface area contributed by atoms with Gasteiger partial charge in [0.25, 0.3) is 5.91 Å². The molecule has 3 aliphatic heterocycles. The van der Waals surface area contributed by atoms with Gasteiger partial charge in [0.15, 0.2) is 0 Å². The predicted octanol–water partition coefficient (Wildman–Crippen LogP) is 5.19. The van der Waals surface area contributed by atoms with Crippen LogP contribution >= 0.6 is 0 Å². The van der Waals surface area contributed by atoms with Crippen molar-refractivity contribution < 1.29 is 32.8 Å². The molecule has 11 nitrogen and oxygen atoms in total. The molecule has 6 aliphatic rings. The molecule has 0 spiro atoms. The number of benzene rings is 1. The van der Waals surface area contributed by atoms with Gasteiger partial charge >= 0.3 is 13.2 Å². The van der Waals surface area contributed by atoms with Crippen LogP contribution in [-0.4, -0.2) is 103 Å². The summed E-state index contributed by atoms with van der Waals surface area (Å²) >= 11 is 0. The van der Waals surface area contributed by atoms with E-state index in [1.807, 2.05) is 38.1 Å². The minimum Gasteiger partial charge on any atom is -0.464 e. The van der Waals surface area contributed by atoms with Crippen LogP contribution in [0.5, 0.6) is 0 Å². The molecule has 2 bridgehead atoms. The lowest BCUT2D eigenvalue weighted by Gasteiger charge is -2.64. The zero-order chi connectivity index (χ0) is 34.7. The summed E-state index contributed by atoms with van der Waals surface area (Å²) < 4.78 is 30.8. The van der Waals surface area contributed by atoms with Gasteiger partial charge < -0.3 is 28.1 Å². The minimum absolute atomic E-state index is 0.0551. The molecule has 1 aromatic carbocycles. The van der Waals surface area contributed by atoms with Crippen molar-refractivity contribution >= 4 is 30.1 Å². The second-order valence-corrected chi connectivity index (χ2v) is 15.8. The molecule has 2 aromatic rings. The number of rotatable bonds is 8. The second kappa shape index (κ2) is 12.8. The van der Waals surface area contributed by atoms with Crippen molar-refractivity contribution in [3.63, 3.8) is 0 Å². The van der Waals surface area contributed by atoms with E-state index in [0.717, 1.165) is 29.4 Å². The topological polar surface area (TPSA) is 118 Å². The monoisotopic (exact) mass is 672 g/mol. The van der Waals surface area contributed by atoms with Crippen molar-refractivity contribution in [2.24, 2.45) is 17.3 Å². The summed E-state index contributed by atoms with van der Waals surface area (Å²) in [4.78, 5) is 33.9. The summed E-state index contributed by atoms with van der Waals surface area (Å²) in [6.07, 6.45) is 5.71. The molecule has 6 fully saturated rings. The lowest BCUT2D eigenvalue weighted by atomic mass is 9.43. The number of hydrogen-bond acceptors (Lipinski definition) is 9. The number of morpholine rings is 1. The molecule has 12 heteroatoms. The Morgan fingerprint density at radius 3 is 2.65 bits per heavy atom. The number of fused-ring (bicyclic) bond motifs is 1. The smallest absolute Gasteiger partial charge is 0.464 e. The number of carbonyl (C=O) groups is 2. The van der Waals surface area contributed by atoms with Crippen LogP contribution in [0.1, 0.15) is 65.9 Å². The first-order valence-electron chi connectivity index (χ1n) is 17.8. The average Bonchev–Trinajstić information content (AvgIpc) is 3.83. The fourth-order valence-electron chi connectivity index (χ4n) is 9.54. The van der Waals surface area contributed by atoms with Gasteiger partial charge in [-0.15, -0.1) is 0 Å². The number of ether oxygens (including phenoxy) is 2. The zero-order valence-corrected chi connectivity index (χ0v) is 29.6. The highest BCUT2D eigenvalue weighted by Gasteiger charge is 2.69. The van der Waals surface area contributed by atoms with Crippen molar-refractivity contribution in [1.82, 2.24) is 14.7 Å². The molecule has 2 amide bonds. The van der Waals surface area contributed by atoms with E-state index in [-0.39, 0.29) is 17.1 Å². The summed E-state index contributed by atoms with van der Waals surface area (Å²) in [6, 6.07) is 10.0. The van der Waals surface area contributed by atoms with Crippen LogP contribution in [0.4, 0.5) is 4.79 Å². The highest BCUT2D eigenvalue weighted by molar-refractivity contribution is 6.48. The first-order valence-corrected chi connectivity index (χ1v) is 17.8. The number of nitrogens with zero attached hydrogens (tertiary/aromatic N) is 4. The Balaban J connectivity index is 1.24. The Kier molecular flexibility index (Phi) is 8.87. The lowest BCUT2D eigenvalue weighted by Crippen LogP contribution is -2.65. The van der Waals surface area contributed by atoms with Crippen LogP contribution < -0.4 is 0 Å². The van der Waals surface area contributed by atoms with E-state index in [2.05, 4.69) is 31.7 Å². The maximum atomic E-state index is 14.3. The van der Waals surface area contributed by atoms with Crippen LogP contribution in [-0.2, 0) is 30.0 Å². The Bertz CT molecular complexity index is 1660. The van der Waals surface area contributed by atoms with Crippen LogP contribution in [0, 0.1) is 28.6 Å². The third kappa shape index (κ3) is 5.76. The number of amides is 2. The van der Waals surface area contributed by atoms with Crippen molar-refractivity contribution in [3.05, 3.63) is 47.7 Å². The first kappa shape index (κ1) is 34.1. The van der Waals surface area contributed by atoms with Gasteiger partial charge in [-0.1, -0.05) is 32.0 Å². The molecule has 3 aliphatic carbocycles. The summed E-state index contributed by atoms with van der Waals surface area (Å²) in [5.41, 5.74) is 0.811. The van der Waals surface area contributed by atoms with Crippen molar-refractivity contribution in [2.75, 3.05) is 40.0 Å². The molecule has 0 unspecified atom stereocenters. The predicted molar refractivity (Wildman–Crippen MR) is 183 cm³/mol. The van der Waals surface area contributed by atoms with Crippen LogP contribution in [0.15, 0.2) is 46.6 Å². The Morgan fingerprint density at radius 1 is 1.18 bits per heavy atom. The number of para-hydroxylation sites is 1. The summed E-state index contributed by atoms with van der Waals surface area (Å²) in [6.45, 7) is 13.9. The molecule has 8 rings (SSSR count). The fraction of sp³-hybridized carbons (Fsp3) is 0.649. The molecule has 262 valence electrons. The molecule has 1 aromatic heterocycles. The number of hydrogen-bond donors (Lipinski definition) is 0. The number of methoxy groups -OCH3 is 1. The minimum atomic E-state index is -0.762. The SMILES string of the molecule is COC(=O)N([C@@H]1CCCN1C(=O)C(C#N)=CC(C)(C)N1CCOCC1)[C@@H](Cc1coc2ccccc12)B1O[C@@H]2C[C@@H]3C[C@@H](C3(C)C)[C@]2(C)O1. The van der Waals surface area contributed by atoms with Crippen molar-refractivity contribution in [3.8, 4) is 6.07 Å². The maximum Gasteiger partial charge on any atom is 0.482 e. The van der Waals surface area contributed by atoms with Gasteiger partial charge in [-0.05, 0) is 87.8 Å². The number of carbonyl (C=O) groups excluding carboxylic acids is 2. The van der Waals surface area contributed by atoms with Crippen LogP contribution in [0.25, 0.3) is 11.0 Å². The lowest BCUT2D eigenvalue weighted by molar-refractivity contribution is -0.199. The van der Waals surface area contributed by atoms with Crippen LogP contribution in [0.3, 0.4) is 0 Å². The van der Waals surface area contributed by atoms with Gasteiger partial charge in [-0.2, -0.15) is 5.26 Å². The number of nitriles is 1. The summed E-state index contributed by atoms with van der Waals surface area (Å²) in [5, 5.41) is 11.3. The molecule has 0 N–H and O–H groups in total. The molecule has 3 saturated heterocycles. The van der Waals surface area contributed by atoms with Gasteiger partial charge in [-0.3, -0.25) is 14.6 Å². The summed E-state index contributed by atoms with van der Waals surface area (Å²) in [5.74, 6) is -0.150. The third-order valence-corrected chi connectivity index (χ3v) is 12.5. The molecule has 49 heavy (non-hydrogen) atoms. The quantitative estimate of drug-likeness (QED) is 0.212. The van der Waals surface area contributed by atoms with E-state index in [4.69, 9.17) is 23.2 Å².